The molecule has 1 atom stereocenters. The zero-order chi connectivity index (χ0) is 21.3. The number of carbonyl (C=O) groups excluding carboxylic acids is 1. The van der Waals surface area contributed by atoms with Gasteiger partial charge in [-0.05, 0) is 41.3 Å². The van der Waals surface area contributed by atoms with Gasteiger partial charge in [-0.2, -0.15) is 0 Å². The lowest BCUT2D eigenvalue weighted by Crippen LogP contribution is -2.21. The van der Waals surface area contributed by atoms with Gasteiger partial charge in [0.2, 0.25) is 0 Å². The van der Waals surface area contributed by atoms with Crippen LogP contribution in [-0.4, -0.2) is 5.97 Å². The zero-order valence-corrected chi connectivity index (χ0v) is 17.9. The van der Waals surface area contributed by atoms with Gasteiger partial charge in [0, 0.05) is 5.03 Å². The Morgan fingerprint density at radius 3 is 2.20 bits per heavy atom. The highest BCUT2D eigenvalue weighted by atomic mass is 35.5. The van der Waals surface area contributed by atoms with Crippen LogP contribution in [-0.2, 0) is 16.1 Å². The second-order valence-electron chi connectivity index (χ2n) is 7.32. The first-order chi connectivity index (χ1) is 14.5. The van der Waals surface area contributed by atoms with Crippen LogP contribution in [0, 0.1) is 11.8 Å². The predicted molar refractivity (Wildman–Crippen MR) is 121 cm³/mol. The van der Waals surface area contributed by atoms with E-state index in [0.717, 1.165) is 16.9 Å². The van der Waals surface area contributed by atoms with E-state index >= 15 is 0 Å². The van der Waals surface area contributed by atoms with Gasteiger partial charge in [-0.1, -0.05) is 92.2 Å². The number of benzene rings is 3. The van der Waals surface area contributed by atoms with E-state index in [9.17, 15) is 4.79 Å². The molecule has 1 unspecified atom stereocenters. The molecule has 0 spiro atoms. The molecule has 0 bridgehead atoms. The van der Waals surface area contributed by atoms with Gasteiger partial charge in [0.05, 0.1) is 5.92 Å². The minimum absolute atomic E-state index is 0.0581. The SMILES string of the molecule is CC(C)C(/C=C(/Cl)c1ccccc1)C(=O)OCc1cccc(Oc2ccccc2)c1. The van der Waals surface area contributed by atoms with Crippen LogP contribution < -0.4 is 4.74 Å². The van der Waals surface area contributed by atoms with Gasteiger partial charge in [0.1, 0.15) is 18.1 Å². The molecule has 0 fully saturated rings. The molecular formula is C26H25ClO3. The van der Waals surface area contributed by atoms with Crippen molar-refractivity contribution in [3.8, 4) is 11.5 Å². The van der Waals surface area contributed by atoms with E-state index in [-0.39, 0.29) is 18.5 Å². The van der Waals surface area contributed by atoms with Gasteiger partial charge in [-0.3, -0.25) is 4.79 Å². The smallest absolute Gasteiger partial charge is 0.313 e. The molecule has 3 rings (SSSR count). The Bertz CT molecular complexity index is 981. The van der Waals surface area contributed by atoms with E-state index in [2.05, 4.69) is 0 Å². The van der Waals surface area contributed by atoms with Crippen LogP contribution in [0.3, 0.4) is 0 Å². The Morgan fingerprint density at radius 2 is 1.53 bits per heavy atom. The number of halogens is 1. The average molecular weight is 421 g/mol. The Balaban J connectivity index is 1.65. The first-order valence-electron chi connectivity index (χ1n) is 9.94. The minimum Gasteiger partial charge on any atom is -0.460 e. The van der Waals surface area contributed by atoms with Crippen LogP contribution in [0.5, 0.6) is 11.5 Å². The molecule has 0 aliphatic rings. The third-order valence-electron chi connectivity index (χ3n) is 4.62. The molecule has 0 aliphatic carbocycles. The maximum atomic E-state index is 12.7. The highest BCUT2D eigenvalue weighted by Gasteiger charge is 2.22. The lowest BCUT2D eigenvalue weighted by Gasteiger charge is -2.17. The van der Waals surface area contributed by atoms with Gasteiger partial charge < -0.3 is 9.47 Å². The van der Waals surface area contributed by atoms with Gasteiger partial charge in [0.15, 0.2) is 0 Å². The maximum Gasteiger partial charge on any atom is 0.313 e. The van der Waals surface area contributed by atoms with Crippen molar-refractivity contribution in [3.05, 3.63) is 102 Å². The summed E-state index contributed by atoms with van der Waals surface area (Å²) in [5.41, 5.74) is 1.74. The number of ether oxygens (including phenoxy) is 2. The molecule has 0 N–H and O–H groups in total. The lowest BCUT2D eigenvalue weighted by molar-refractivity contribution is -0.149. The molecule has 3 aromatic rings. The molecule has 0 amide bonds. The minimum atomic E-state index is -0.429. The van der Waals surface area contributed by atoms with E-state index in [1.165, 1.54) is 0 Å². The van der Waals surface area contributed by atoms with Crippen molar-refractivity contribution in [2.75, 3.05) is 0 Å². The summed E-state index contributed by atoms with van der Waals surface area (Å²) < 4.78 is 11.4. The van der Waals surface area contributed by atoms with Crippen molar-refractivity contribution in [1.82, 2.24) is 0 Å². The standard InChI is InChI=1S/C26H25ClO3/c1-19(2)24(17-25(27)21-11-5-3-6-12-21)26(28)29-18-20-10-9-15-23(16-20)30-22-13-7-4-8-14-22/h3-17,19,24H,18H2,1-2H3/b25-17+. The summed E-state index contributed by atoms with van der Waals surface area (Å²) in [6.45, 7) is 4.13. The van der Waals surface area contributed by atoms with E-state index < -0.39 is 5.92 Å². The molecule has 0 aromatic heterocycles. The number of carbonyl (C=O) groups is 1. The highest BCUT2D eigenvalue weighted by molar-refractivity contribution is 6.48. The second-order valence-corrected chi connectivity index (χ2v) is 7.73. The van der Waals surface area contributed by atoms with E-state index in [4.69, 9.17) is 21.1 Å². The zero-order valence-electron chi connectivity index (χ0n) is 17.1. The summed E-state index contributed by atoms with van der Waals surface area (Å²) in [5.74, 6) is 0.784. The molecule has 0 saturated heterocycles. The third-order valence-corrected chi connectivity index (χ3v) is 4.97. The molecule has 0 heterocycles. The normalized spacial score (nSPS) is 12.5. The molecule has 0 saturated carbocycles. The number of para-hydroxylation sites is 1. The first kappa shape index (κ1) is 21.7. The summed E-state index contributed by atoms with van der Waals surface area (Å²) in [6, 6.07) is 26.7. The molecule has 154 valence electrons. The van der Waals surface area contributed by atoms with Crippen LogP contribution in [0.2, 0.25) is 0 Å². The molecule has 3 nitrogen and oxygen atoms in total. The van der Waals surface area contributed by atoms with Crippen LogP contribution in [0.4, 0.5) is 0 Å². The average Bonchev–Trinajstić information content (AvgIpc) is 2.77. The summed E-state index contributed by atoms with van der Waals surface area (Å²) in [5, 5.41) is 0.546. The Hall–Kier alpha value is -3.04. The molecule has 0 radical (unpaired) electrons. The van der Waals surface area contributed by atoms with Crippen molar-refractivity contribution in [1.29, 1.82) is 0 Å². The van der Waals surface area contributed by atoms with E-state index in [1.807, 2.05) is 98.8 Å². The first-order valence-corrected chi connectivity index (χ1v) is 10.3. The summed E-state index contributed by atoms with van der Waals surface area (Å²) in [6.07, 6.45) is 1.78. The summed E-state index contributed by atoms with van der Waals surface area (Å²) in [4.78, 5) is 12.7. The third kappa shape index (κ3) is 6.23. The van der Waals surface area contributed by atoms with Crippen molar-refractivity contribution in [2.24, 2.45) is 11.8 Å². The Labute approximate surface area is 182 Å². The number of esters is 1. The van der Waals surface area contributed by atoms with Gasteiger partial charge >= 0.3 is 5.97 Å². The van der Waals surface area contributed by atoms with Gasteiger partial charge in [0.25, 0.3) is 0 Å². The Kier molecular flexibility index (Phi) is 7.69. The van der Waals surface area contributed by atoms with Crippen molar-refractivity contribution in [2.45, 2.75) is 20.5 Å². The fourth-order valence-electron chi connectivity index (χ4n) is 2.96. The fraction of sp³-hybridized carbons (Fsp3) is 0.192. The van der Waals surface area contributed by atoms with E-state index in [0.29, 0.717) is 10.8 Å². The second kappa shape index (κ2) is 10.7. The van der Waals surface area contributed by atoms with E-state index in [1.54, 1.807) is 6.08 Å². The highest BCUT2D eigenvalue weighted by Crippen LogP contribution is 2.26. The molecule has 30 heavy (non-hydrogen) atoms. The quantitative estimate of drug-likeness (QED) is 0.365. The fourth-order valence-corrected chi connectivity index (χ4v) is 3.22. The van der Waals surface area contributed by atoms with Gasteiger partial charge in [-0.15, -0.1) is 0 Å². The monoisotopic (exact) mass is 420 g/mol. The topological polar surface area (TPSA) is 35.5 Å². The summed E-state index contributed by atoms with van der Waals surface area (Å²) >= 11 is 6.44. The predicted octanol–water partition coefficient (Wildman–Crippen LogP) is 7.07. The molecule has 3 aromatic carbocycles. The molecule has 0 aliphatic heterocycles. The number of hydrogen-bond acceptors (Lipinski definition) is 3. The lowest BCUT2D eigenvalue weighted by atomic mass is 9.94. The van der Waals surface area contributed by atoms with Gasteiger partial charge in [-0.25, -0.2) is 0 Å². The summed E-state index contributed by atoms with van der Waals surface area (Å²) in [7, 11) is 0. The van der Waals surface area contributed by atoms with Crippen molar-refractivity contribution in [3.63, 3.8) is 0 Å². The van der Waals surface area contributed by atoms with Crippen LogP contribution >= 0.6 is 11.6 Å². The molecular weight excluding hydrogens is 396 g/mol. The van der Waals surface area contributed by atoms with Crippen LogP contribution in [0.15, 0.2) is 91.0 Å². The number of rotatable bonds is 8. The number of hydrogen-bond donors (Lipinski definition) is 0. The van der Waals surface area contributed by atoms with Crippen LogP contribution in [0.1, 0.15) is 25.0 Å². The molecule has 4 heteroatoms. The Morgan fingerprint density at radius 1 is 0.900 bits per heavy atom. The van der Waals surface area contributed by atoms with Crippen molar-refractivity contribution >= 4 is 22.6 Å². The van der Waals surface area contributed by atoms with Crippen molar-refractivity contribution < 1.29 is 14.3 Å². The van der Waals surface area contributed by atoms with Crippen LogP contribution in [0.25, 0.3) is 5.03 Å². The maximum absolute atomic E-state index is 12.7. The largest absolute Gasteiger partial charge is 0.460 e.